The van der Waals surface area contributed by atoms with E-state index in [2.05, 4.69) is 25.7 Å². The number of thioether (sulfide) groups is 1. The normalized spacial score (nSPS) is 14.3. The minimum atomic E-state index is 0.223. The van der Waals surface area contributed by atoms with E-state index >= 15 is 0 Å². The maximum Gasteiger partial charge on any atom is 0.165 e. The number of hydrogen-bond acceptors (Lipinski definition) is 7. The van der Waals surface area contributed by atoms with Crippen molar-refractivity contribution in [2.45, 2.75) is 25.7 Å². The first-order valence-electron chi connectivity index (χ1n) is 9.21. The molecule has 1 aliphatic rings. The Morgan fingerprint density at radius 3 is 2.71 bits per heavy atom. The lowest BCUT2D eigenvalue weighted by Crippen LogP contribution is -2.14. The molecular weight excluding hydrogens is 372 g/mol. The minimum absolute atomic E-state index is 0.223. The smallest absolute Gasteiger partial charge is 0.165 e. The summed E-state index contributed by atoms with van der Waals surface area (Å²) < 4.78 is 1.73. The van der Waals surface area contributed by atoms with E-state index in [1.165, 1.54) is 24.6 Å². The summed E-state index contributed by atoms with van der Waals surface area (Å²) in [6, 6.07) is 5.59. The van der Waals surface area contributed by atoms with Gasteiger partial charge in [-0.1, -0.05) is 12.8 Å². The van der Waals surface area contributed by atoms with Crippen molar-refractivity contribution in [2.75, 3.05) is 10.6 Å². The minimum Gasteiger partial charge on any atom is -0.352 e. The highest BCUT2D eigenvalue weighted by Gasteiger charge is 2.21. The Hall–Kier alpha value is -2.94. The zero-order valence-electron chi connectivity index (χ0n) is 15.6. The summed E-state index contributed by atoms with van der Waals surface area (Å²) in [6.07, 6.45) is 9.87. The number of rotatable bonds is 4. The van der Waals surface area contributed by atoms with Crippen molar-refractivity contribution in [1.82, 2.24) is 19.7 Å². The Morgan fingerprint density at radius 1 is 1.14 bits per heavy atom. The van der Waals surface area contributed by atoms with Crippen LogP contribution in [0.2, 0.25) is 0 Å². The van der Waals surface area contributed by atoms with Crippen LogP contribution in [0.5, 0.6) is 0 Å². The largest absolute Gasteiger partial charge is 0.352 e. The van der Waals surface area contributed by atoms with Crippen molar-refractivity contribution in [3.05, 3.63) is 36.8 Å². The molecule has 3 aromatic heterocycles. The van der Waals surface area contributed by atoms with E-state index in [9.17, 15) is 0 Å². The average molecular weight is 395 g/mol. The van der Waals surface area contributed by atoms with Gasteiger partial charge in [0, 0.05) is 19.2 Å². The highest BCUT2D eigenvalue weighted by molar-refractivity contribution is 8.26. The number of hydrogen-bond donors (Lipinski definition) is 4. The van der Waals surface area contributed by atoms with Crippen LogP contribution in [0.1, 0.15) is 25.7 Å². The summed E-state index contributed by atoms with van der Waals surface area (Å²) >= 11 is 1.18. The number of pyridine rings is 2. The van der Waals surface area contributed by atoms with Crippen LogP contribution in [0, 0.1) is 16.7 Å². The second-order valence-electron chi connectivity index (χ2n) is 6.89. The van der Waals surface area contributed by atoms with Crippen molar-refractivity contribution in [2.24, 2.45) is 13.0 Å². The van der Waals surface area contributed by atoms with Crippen LogP contribution in [0.15, 0.2) is 36.8 Å². The molecule has 144 valence electrons. The second-order valence-corrected chi connectivity index (χ2v) is 7.94. The zero-order chi connectivity index (χ0) is 19.5. The molecular formula is C19H22N8S. The van der Waals surface area contributed by atoms with Gasteiger partial charge in [0.05, 0.1) is 39.8 Å². The molecule has 0 spiro atoms. The third kappa shape index (κ3) is 4.30. The first-order chi connectivity index (χ1) is 13.6. The number of aryl methyl sites for hydroxylation is 1. The fourth-order valence-corrected chi connectivity index (χ4v) is 4.10. The number of fused-ring (bicyclic) bond motifs is 1. The quantitative estimate of drug-likeness (QED) is 0.386. The van der Waals surface area contributed by atoms with Gasteiger partial charge < -0.3 is 10.6 Å². The van der Waals surface area contributed by atoms with Crippen LogP contribution in [0.4, 0.5) is 17.2 Å². The summed E-state index contributed by atoms with van der Waals surface area (Å²) in [7, 11) is 1.86. The van der Waals surface area contributed by atoms with E-state index < -0.39 is 0 Å². The van der Waals surface area contributed by atoms with E-state index in [1.54, 1.807) is 23.1 Å². The second kappa shape index (κ2) is 7.97. The summed E-state index contributed by atoms with van der Waals surface area (Å²) in [4.78, 5) is 9.00. The number of amidine groups is 1. The SMILES string of the molecule is Cn1cc(Nc2cnc3ccc(NC(=N)SC(=N)C4CCCC4)nc3c2)cn1. The van der Waals surface area contributed by atoms with Crippen LogP contribution in [-0.2, 0) is 7.05 Å². The lowest BCUT2D eigenvalue weighted by Gasteiger charge is -2.12. The lowest BCUT2D eigenvalue weighted by atomic mass is 10.1. The Kier molecular flexibility index (Phi) is 5.25. The Labute approximate surface area is 167 Å². The molecule has 0 unspecified atom stereocenters. The number of nitrogens with zero attached hydrogens (tertiary/aromatic N) is 4. The number of anilines is 3. The predicted molar refractivity (Wildman–Crippen MR) is 115 cm³/mol. The molecule has 4 rings (SSSR count). The molecule has 0 atom stereocenters. The van der Waals surface area contributed by atoms with E-state index in [0.29, 0.717) is 16.8 Å². The number of aromatic nitrogens is 4. The highest BCUT2D eigenvalue weighted by atomic mass is 32.2. The molecule has 0 aromatic carbocycles. The molecule has 8 nitrogen and oxygen atoms in total. The van der Waals surface area contributed by atoms with Crippen molar-refractivity contribution < 1.29 is 0 Å². The molecule has 0 saturated heterocycles. The maximum atomic E-state index is 8.19. The maximum absolute atomic E-state index is 8.19. The molecule has 9 heteroatoms. The summed E-state index contributed by atoms with van der Waals surface area (Å²) in [5, 5.41) is 27.5. The summed E-state index contributed by atoms with van der Waals surface area (Å²) in [5.41, 5.74) is 3.20. The van der Waals surface area contributed by atoms with E-state index in [1.807, 2.05) is 25.4 Å². The molecule has 3 heterocycles. The number of nitrogens with one attached hydrogen (secondary N) is 4. The van der Waals surface area contributed by atoms with Crippen LogP contribution >= 0.6 is 11.8 Å². The molecule has 1 fully saturated rings. The summed E-state index contributed by atoms with van der Waals surface area (Å²) in [5.74, 6) is 0.881. The van der Waals surface area contributed by atoms with Crippen molar-refractivity contribution in [3.63, 3.8) is 0 Å². The topological polar surface area (TPSA) is 115 Å². The molecule has 0 radical (unpaired) electrons. The Morgan fingerprint density at radius 2 is 1.96 bits per heavy atom. The van der Waals surface area contributed by atoms with Gasteiger partial charge in [0.25, 0.3) is 0 Å². The lowest BCUT2D eigenvalue weighted by molar-refractivity contribution is 0.736. The van der Waals surface area contributed by atoms with Gasteiger partial charge in [0.2, 0.25) is 0 Å². The summed E-state index contributed by atoms with van der Waals surface area (Å²) in [6.45, 7) is 0. The monoisotopic (exact) mass is 394 g/mol. The van der Waals surface area contributed by atoms with E-state index in [0.717, 1.165) is 35.2 Å². The van der Waals surface area contributed by atoms with Gasteiger partial charge in [-0.15, -0.1) is 0 Å². The highest BCUT2D eigenvalue weighted by Crippen LogP contribution is 2.30. The molecule has 0 amide bonds. The molecule has 4 N–H and O–H groups in total. The van der Waals surface area contributed by atoms with Gasteiger partial charge in [-0.3, -0.25) is 20.5 Å². The van der Waals surface area contributed by atoms with Gasteiger partial charge in [-0.05, 0) is 42.8 Å². The van der Waals surface area contributed by atoms with Crippen LogP contribution in [0.3, 0.4) is 0 Å². The molecule has 3 aromatic rings. The predicted octanol–water partition coefficient (Wildman–Crippen LogP) is 4.35. The van der Waals surface area contributed by atoms with E-state index in [4.69, 9.17) is 10.8 Å². The van der Waals surface area contributed by atoms with Crippen LogP contribution in [0.25, 0.3) is 11.0 Å². The van der Waals surface area contributed by atoms with Crippen LogP contribution in [-0.4, -0.2) is 30.0 Å². The van der Waals surface area contributed by atoms with Crippen molar-refractivity contribution in [1.29, 1.82) is 10.8 Å². The van der Waals surface area contributed by atoms with Gasteiger partial charge in [-0.25, -0.2) is 4.98 Å². The fraction of sp³-hybridized carbons (Fsp3) is 0.316. The van der Waals surface area contributed by atoms with Crippen molar-refractivity contribution >= 4 is 50.2 Å². The average Bonchev–Trinajstić information content (AvgIpc) is 3.33. The molecule has 0 bridgehead atoms. The first-order valence-corrected chi connectivity index (χ1v) is 10.0. The standard InChI is InChI=1S/C19H22N8S/c1-27-11-14(10-23-27)24-13-8-16-15(22-9-13)6-7-17(25-16)26-19(21)28-18(20)12-4-2-3-5-12/h6-12,20,24H,2-5H2,1H3,(H2,21,25,26). The van der Waals surface area contributed by atoms with Gasteiger partial charge >= 0.3 is 0 Å². The van der Waals surface area contributed by atoms with Crippen LogP contribution < -0.4 is 10.6 Å². The Bertz CT molecular complexity index is 1020. The fourth-order valence-electron chi connectivity index (χ4n) is 3.32. The van der Waals surface area contributed by atoms with Gasteiger partial charge in [-0.2, -0.15) is 5.10 Å². The Balaban J connectivity index is 1.45. The third-order valence-corrected chi connectivity index (χ3v) is 5.57. The molecule has 1 aliphatic carbocycles. The van der Waals surface area contributed by atoms with Crippen molar-refractivity contribution in [3.8, 4) is 0 Å². The molecule has 1 saturated carbocycles. The first kappa shape index (κ1) is 18.4. The third-order valence-electron chi connectivity index (χ3n) is 4.71. The zero-order valence-corrected chi connectivity index (χ0v) is 16.4. The molecule has 0 aliphatic heterocycles. The molecule has 28 heavy (non-hydrogen) atoms. The van der Waals surface area contributed by atoms with Gasteiger partial charge in [0.15, 0.2) is 5.17 Å². The van der Waals surface area contributed by atoms with E-state index in [-0.39, 0.29) is 5.17 Å². The van der Waals surface area contributed by atoms with Gasteiger partial charge in [0.1, 0.15) is 5.82 Å².